The van der Waals surface area contributed by atoms with Crippen LogP contribution in [0.25, 0.3) is 0 Å². The summed E-state index contributed by atoms with van der Waals surface area (Å²) in [4.78, 5) is 34.5. The van der Waals surface area contributed by atoms with Gasteiger partial charge in [0.1, 0.15) is 23.6 Å². The molecule has 1 heterocycles. The number of carbonyl (C=O) groups is 3. The smallest absolute Gasteiger partial charge is 0.322 e. The van der Waals surface area contributed by atoms with Gasteiger partial charge in [-0.15, -0.1) is 0 Å². The van der Waals surface area contributed by atoms with Crippen molar-refractivity contribution < 1.29 is 29.3 Å². The lowest BCUT2D eigenvalue weighted by Gasteiger charge is -2.26. The first-order valence-corrected chi connectivity index (χ1v) is 9.18. The van der Waals surface area contributed by atoms with E-state index in [9.17, 15) is 19.5 Å². The summed E-state index contributed by atoms with van der Waals surface area (Å²) < 4.78 is 5.71. The molecule has 1 aliphatic carbocycles. The van der Waals surface area contributed by atoms with Gasteiger partial charge >= 0.3 is 5.97 Å². The fourth-order valence-electron chi connectivity index (χ4n) is 2.58. The van der Waals surface area contributed by atoms with Crippen LogP contribution in [0, 0.1) is 6.92 Å². The fourth-order valence-corrected chi connectivity index (χ4v) is 2.58. The van der Waals surface area contributed by atoms with Gasteiger partial charge in [-0.05, 0) is 38.3 Å². The molecule has 1 fully saturated rings. The van der Waals surface area contributed by atoms with Gasteiger partial charge in [0, 0.05) is 20.0 Å². The van der Waals surface area contributed by atoms with E-state index in [-0.39, 0.29) is 17.8 Å². The number of carboxylic acids is 1. The van der Waals surface area contributed by atoms with E-state index in [1.165, 1.54) is 36.8 Å². The number of hydrogen-bond acceptors (Lipinski definition) is 5. The van der Waals surface area contributed by atoms with E-state index in [0.717, 1.165) is 5.75 Å². The van der Waals surface area contributed by atoms with Crippen molar-refractivity contribution in [1.29, 1.82) is 0 Å². The van der Waals surface area contributed by atoms with Crippen molar-refractivity contribution in [1.82, 2.24) is 10.2 Å². The van der Waals surface area contributed by atoms with Gasteiger partial charge in [-0.2, -0.15) is 0 Å². The van der Waals surface area contributed by atoms with Crippen molar-refractivity contribution >= 4 is 17.8 Å². The molecule has 0 atom stereocenters. The van der Waals surface area contributed by atoms with E-state index in [4.69, 9.17) is 9.84 Å². The second-order valence-electron chi connectivity index (χ2n) is 6.86. The molecular weight excluding hydrogens is 364 g/mol. The number of nitrogens with zero attached hydrogens (tertiary/aromatic N) is 1. The number of aliphatic hydroxyl groups excluding tert-OH is 1. The summed E-state index contributed by atoms with van der Waals surface area (Å²) in [6.07, 6.45) is 4.48. The summed E-state index contributed by atoms with van der Waals surface area (Å²) in [6, 6.07) is 8.28. The van der Waals surface area contributed by atoms with E-state index in [0.29, 0.717) is 12.6 Å². The van der Waals surface area contributed by atoms with Crippen LogP contribution in [0.15, 0.2) is 35.6 Å². The summed E-state index contributed by atoms with van der Waals surface area (Å²) >= 11 is 0. The van der Waals surface area contributed by atoms with Gasteiger partial charge < -0.3 is 25.2 Å². The number of rotatable bonds is 5. The van der Waals surface area contributed by atoms with Gasteiger partial charge in [-0.25, -0.2) is 0 Å². The first-order valence-electron chi connectivity index (χ1n) is 9.18. The average molecular weight is 390 g/mol. The summed E-state index contributed by atoms with van der Waals surface area (Å²) in [6.45, 7) is 1.83. The van der Waals surface area contributed by atoms with Crippen LogP contribution >= 0.6 is 0 Å². The highest BCUT2D eigenvalue weighted by molar-refractivity contribution is 6.19. The number of aryl methyl sites for hydroxylation is 1. The van der Waals surface area contributed by atoms with Crippen LogP contribution in [0.5, 0.6) is 5.75 Å². The normalized spacial score (nSPS) is 16.6. The van der Waals surface area contributed by atoms with E-state index in [1.54, 1.807) is 0 Å². The summed E-state index contributed by atoms with van der Waals surface area (Å²) in [5.74, 6) is -1.97. The molecule has 2 aliphatic rings. The predicted molar refractivity (Wildman–Crippen MR) is 102 cm³/mol. The van der Waals surface area contributed by atoms with E-state index >= 15 is 0 Å². The molecule has 8 heteroatoms. The van der Waals surface area contributed by atoms with Crippen LogP contribution in [-0.4, -0.2) is 59.1 Å². The van der Waals surface area contributed by atoms with E-state index in [1.807, 2.05) is 17.4 Å². The molecule has 8 nitrogen and oxygen atoms in total. The standard InChI is InChI=1S/C11H14O.C9H12N2O5/c1-9-5-7-11(8-6-9)12-10-3-2-4-10;1-11-3-2-5(12)7(9(11)16)8(15)10-4-6(13)14/h5-8,10H,2-4H2,1H3;12H,2-4H2,1H3,(H,10,15)(H,13,14). The molecule has 3 N–H and O–H groups in total. The Kier molecular flexibility index (Phi) is 7.43. The Morgan fingerprint density at radius 2 is 1.89 bits per heavy atom. The number of benzene rings is 1. The van der Waals surface area contributed by atoms with Crippen LogP contribution in [0.2, 0.25) is 0 Å². The van der Waals surface area contributed by atoms with Crippen molar-refractivity contribution in [3.8, 4) is 5.75 Å². The van der Waals surface area contributed by atoms with Crippen molar-refractivity contribution in [2.24, 2.45) is 0 Å². The third-order valence-corrected chi connectivity index (χ3v) is 4.54. The molecular formula is C20H26N2O6. The Bertz CT molecular complexity index is 752. The Labute approximate surface area is 163 Å². The van der Waals surface area contributed by atoms with Crippen molar-refractivity contribution in [2.75, 3.05) is 20.1 Å². The number of aliphatic carboxylic acids is 1. The molecule has 1 aromatic rings. The number of carbonyl (C=O) groups excluding carboxylic acids is 2. The fraction of sp³-hybridized carbons (Fsp3) is 0.450. The van der Waals surface area contributed by atoms with Gasteiger partial charge in [0.05, 0.1) is 6.10 Å². The summed E-state index contributed by atoms with van der Waals surface area (Å²) in [5.41, 5.74) is 0.908. The largest absolute Gasteiger partial charge is 0.511 e. The molecule has 0 bridgehead atoms. The third kappa shape index (κ3) is 6.00. The first-order chi connectivity index (χ1) is 13.3. The quantitative estimate of drug-likeness (QED) is 0.660. The van der Waals surface area contributed by atoms with Crippen LogP contribution in [0.1, 0.15) is 31.2 Å². The topological polar surface area (TPSA) is 116 Å². The number of carboxylic acid groups (broad SMARTS) is 1. The lowest BCUT2D eigenvalue weighted by molar-refractivity contribution is -0.138. The van der Waals surface area contributed by atoms with Crippen molar-refractivity contribution in [2.45, 2.75) is 38.7 Å². The molecule has 1 aromatic carbocycles. The first kappa shape index (κ1) is 21.3. The molecule has 152 valence electrons. The molecule has 2 amide bonds. The number of amides is 2. The highest BCUT2D eigenvalue weighted by Crippen LogP contribution is 2.25. The SMILES string of the molecule is CN1CCC(O)=C(C(=O)NCC(=O)O)C1=O.Cc1ccc(OC2CCC2)cc1. The molecule has 0 spiro atoms. The zero-order valence-corrected chi connectivity index (χ0v) is 16.1. The zero-order valence-electron chi connectivity index (χ0n) is 16.1. The molecule has 28 heavy (non-hydrogen) atoms. The Morgan fingerprint density at radius 1 is 1.25 bits per heavy atom. The van der Waals surface area contributed by atoms with Gasteiger partial charge in [0.25, 0.3) is 11.8 Å². The molecule has 0 aromatic heterocycles. The number of ether oxygens (including phenoxy) is 1. The summed E-state index contributed by atoms with van der Waals surface area (Å²) in [7, 11) is 1.50. The van der Waals surface area contributed by atoms with Gasteiger partial charge in [-0.3, -0.25) is 14.4 Å². The van der Waals surface area contributed by atoms with Crippen molar-refractivity contribution in [3.05, 3.63) is 41.2 Å². The van der Waals surface area contributed by atoms with Crippen LogP contribution in [0.3, 0.4) is 0 Å². The highest BCUT2D eigenvalue weighted by atomic mass is 16.5. The van der Waals surface area contributed by atoms with Crippen LogP contribution < -0.4 is 10.1 Å². The van der Waals surface area contributed by atoms with Crippen molar-refractivity contribution in [3.63, 3.8) is 0 Å². The van der Waals surface area contributed by atoms with Gasteiger partial charge in [0.15, 0.2) is 0 Å². The monoisotopic (exact) mass is 390 g/mol. The molecule has 3 rings (SSSR count). The maximum atomic E-state index is 11.5. The minimum absolute atomic E-state index is 0.193. The average Bonchev–Trinajstić information content (AvgIpc) is 2.62. The highest BCUT2D eigenvalue weighted by Gasteiger charge is 2.30. The molecule has 0 radical (unpaired) electrons. The summed E-state index contributed by atoms with van der Waals surface area (Å²) in [5, 5.41) is 19.8. The van der Waals surface area contributed by atoms with Crippen LogP contribution in [-0.2, 0) is 14.4 Å². The maximum Gasteiger partial charge on any atom is 0.322 e. The Balaban J connectivity index is 0.000000207. The van der Waals surface area contributed by atoms with E-state index < -0.39 is 24.3 Å². The lowest BCUT2D eigenvalue weighted by atomic mass is 9.96. The predicted octanol–water partition coefficient (Wildman–Crippen LogP) is 1.79. The maximum absolute atomic E-state index is 11.5. The molecule has 1 saturated carbocycles. The molecule has 1 aliphatic heterocycles. The van der Waals surface area contributed by atoms with Crippen LogP contribution in [0.4, 0.5) is 0 Å². The molecule has 0 unspecified atom stereocenters. The number of hydrogen-bond donors (Lipinski definition) is 3. The van der Waals surface area contributed by atoms with E-state index in [2.05, 4.69) is 19.1 Å². The van der Waals surface area contributed by atoms with Gasteiger partial charge in [0.2, 0.25) is 0 Å². The second kappa shape index (κ2) is 9.77. The lowest BCUT2D eigenvalue weighted by Crippen LogP contribution is -2.41. The number of likely N-dealkylation sites (N-methyl/N-ethyl adjacent to an activating group) is 1. The Morgan fingerprint density at radius 3 is 2.43 bits per heavy atom. The molecule has 0 saturated heterocycles. The zero-order chi connectivity index (χ0) is 20.7. The third-order valence-electron chi connectivity index (χ3n) is 4.54. The Hall–Kier alpha value is -3.03. The number of nitrogens with one attached hydrogen (secondary N) is 1. The minimum atomic E-state index is -1.22. The van der Waals surface area contributed by atoms with Gasteiger partial charge in [-0.1, -0.05) is 17.7 Å². The second-order valence-corrected chi connectivity index (χ2v) is 6.86. The number of aliphatic hydroxyl groups is 1. The minimum Gasteiger partial charge on any atom is -0.511 e.